The molecule has 0 radical (unpaired) electrons. The Hall–Kier alpha value is -3.06. The van der Waals surface area contributed by atoms with Gasteiger partial charge in [-0.1, -0.05) is 23.8 Å². The molecule has 2 aromatic rings. The van der Waals surface area contributed by atoms with Crippen molar-refractivity contribution in [2.45, 2.75) is 20.0 Å². The van der Waals surface area contributed by atoms with Gasteiger partial charge >= 0.3 is 0 Å². The first kappa shape index (κ1) is 22.6. The number of methoxy groups -OCH3 is 1. The van der Waals surface area contributed by atoms with Crippen LogP contribution in [-0.2, 0) is 4.74 Å². The van der Waals surface area contributed by atoms with E-state index in [1.807, 2.05) is 0 Å². The number of benzene rings is 2. The molecule has 0 spiro atoms. The molecule has 0 aromatic heterocycles. The third-order valence-electron chi connectivity index (χ3n) is 5.40. The molecule has 1 atom stereocenters. The lowest BCUT2D eigenvalue weighted by molar-refractivity contribution is -0.00829. The Morgan fingerprint density at radius 2 is 1.90 bits per heavy atom. The lowest BCUT2D eigenvalue weighted by Crippen LogP contribution is -2.49. The van der Waals surface area contributed by atoms with Gasteiger partial charge in [0.1, 0.15) is 11.9 Å². The van der Waals surface area contributed by atoms with Gasteiger partial charge in [-0.25, -0.2) is 0 Å². The zero-order valence-electron chi connectivity index (χ0n) is 18.8. The maximum absolute atomic E-state index is 12.3. The molecule has 1 unspecified atom stereocenters. The third-order valence-corrected chi connectivity index (χ3v) is 5.40. The topological polar surface area (TPSA) is 75.2 Å². The molecule has 2 aromatic carbocycles. The van der Waals surface area contributed by atoms with Crippen molar-refractivity contribution < 1.29 is 14.3 Å². The van der Waals surface area contributed by atoms with E-state index in [1.54, 1.807) is 38.4 Å². The molecule has 1 aliphatic rings. The maximum Gasteiger partial charge on any atom is 0.251 e. The van der Waals surface area contributed by atoms with Crippen molar-refractivity contribution in [2.75, 3.05) is 46.9 Å². The van der Waals surface area contributed by atoms with Crippen LogP contribution in [0.4, 0.5) is 0 Å². The van der Waals surface area contributed by atoms with E-state index in [9.17, 15) is 4.79 Å². The molecule has 3 rings (SSSR count). The standard InChI is InChI=1S/C24H32N4O3/c1-17-5-10-21(18(2)15-17)22-16-28(13-14-31-22)24(25-3)27-12-11-26-23(29)19-6-8-20(30-4)9-7-19/h5-10,15,22H,11-14,16H2,1-4H3,(H,25,27)(H,26,29). The SMILES string of the molecule is CN=C(NCCNC(=O)c1ccc(OC)cc1)N1CCOC(c2ccc(C)cc2C)C1. The zero-order valence-corrected chi connectivity index (χ0v) is 18.8. The summed E-state index contributed by atoms with van der Waals surface area (Å²) in [5, 5.41) is 6.27. The van der Waals surface area contributed by atoms with Crippen LogP contribution >= 0.6 is 0 Å². The first-order chi connectivity index (χ1) is 15.0. The fourth-order valence-corrected chi connectivity index (χ4v) is 3.74. The van der Waals surface area contributed by atoms with Gasteiger partial charge in [-0.15, -0.1) is 0 Å². The monoisotopic (exact) mass is 424 g/mol. The first-order valence-electron chi connectivity index (χ1n) is 10.6. The van der Waals surface area contributed by atoms with Gasteiger partial charge in [0.25, 0.3) is 5.91 Å². The predicted octanol–water partition coefficient (Wildman–Crippen LogP) is 2.69. The highest BCUT2D eigenvalue weighted by atomic mass is 16.5. The van der Waals surface area contributed by atoms with E-state index >= 15 is 0 Å². The van der Waals surface area contributed by atoms with E-state index < -0.39 is 0 Å². The summed E-state index contributed by atoms with van der Waals surface area (Å²) >= 11 is 0. The fraction of sp³-hybridized carbons (Fsp3) is 0.417. The van der Waals surface area contributed by atoms with Crippen LogP contribution in [0.5, 0.6) is 5.75 Å². The summed E-state index contributed by atoms with van der Waals surface area (Å²) in [6, 6.07) is 13.5. The Labute approximate surface area is 184 Å². The average molecular weight is 425 g/mol. The number of ether oxygens (including phenoxy) is 2. The molecule has 2 N–H and O–H groups in total. The van der Waals surface area contributed by atoms with E-state index in [4.69, 9.17) is 9.47 Å². The number of morpholine rings is 1. The number of hydrogen-bond donors (Lipinski definition) is 2. The molecule has 1 saturated heterocycles. The molecule has 1 aliphatic heterocycles. The molecule has 0 aliphatic carbocycles. The van der Waals surface area contributed by atoms with E-state index in [1.165, 1.54) is 16.7 Å². The van der Waals surface area contributed by atoms with Crippen LogP contribution < -0.4 is 15.4 Å². The second kappa shape index (κ2) is 10.8. The highest BCUT2D eigenvalue weighted by Gasteiger charge is 2.25. The quantitative estimate of drug-likeness (QED) is 0.424. The minimum Gasteiger partial charge on any atom is -0.497 e. The Morgan fingerprint density at radius 1 is 1.16 bits per heavy atom. The largest absolute Gasteiger partial charge is 0.497 e. The Morgan fingerprint density at radius 3 is 2.58 bits per heavy atom. The van der Waals surface area contributed by atoms with E-state index in [0.29, 0.717) is 25.3 Å². The number of guanidine groups is 1. The van der Waals surface area contributed by atoms with Crippen LogP contribution in [0.3, 0.4) is 0 Å². The van der Waals surface area contributed by atoms with Crippen molar-refractivity contribution in [3.8, 4) is 5.75 Å². The minimum absolute atomic E-state index is 0.0164. The molecule has 0 saturated carbocycles. The number of hydrogen-bond acceptors (Lipinski definition) is 4. The number of carbonyl (C=O) groups is 1. The highest BCUT2D eigenvalue weighted by molar-refractivity contribution is 5.94. The van der Waals surface area contributed by atoms with Crippen LogP contribution in [0.15, 0.2) is 47.5 Å². The summed E-state index contributed by atoms with van der Waals surface area (Å²) in [5.41, 5.74) is 4.33. The van der Waals surface area contributed by atoms with Gasteiger partial charge in [-0.3, -0.25) is 9.79 Å². The molecule has 0 bridgehead atoms. The van der Waals surface area contributed by atoms with Gasteiger partial charge < -0.3 is 25.0 Å². The van der Waals surface area contributed by atoms with Crippen LogP contribution in [-0.4, -0.2) is 63.7 Å². The number of amides is 1. The summed E-state index contributed by atoms with van der Waals surface area (Å²) in [6.07, 6.45) is 0.0164. The third kappa shape index (κ3) is 5.98. The van der Waals surface area contributed by atoms with Crippen molar-refractivity contribution in [3.05, 3.63) is 64.7 Å². The average Bonchev–Trinajstić information content (AvgIpc) is 2.79. The number of aliphatic imine (C=N–C) groups is 1. The molecule has 1 heterocycles. The Kier molecular flexibility index (Phi) is 7.89. The minimum atomic E-state index is -0.110. The van der Waals surface area contributed by atoms with E-state index in [-0.39, 0.29) is 12.0 Å². The highest BCUT2D eigenvalue weighted by Crippen LogP contribution is 2.25. The molecule has 166 valence electrons. The predicted molar refractivity (Wildman–Crippen MR) is 123 cm³/mol. The molecule has 1 fully saturated rings. The lowest BCUT2D eigenvalue weighted by Gasteiger charge is -2.35. The van der Waals surface area contributed by atoms with Gasteiger partial charge in [-0.2, -0.15) is 0 Å². The number of carbonyl (C=O) groups excluding carboxylic acids is 1. The summed E-state index contributed by atoms with van der Waals surface area (Å²) in [5.74, 6) is 1.43. The molecular weight excluding hydrogens is 392 g/mol. The maximum atomic E-state index is 12.3. The molecule has 1 amide bonds. The van der Waals surface area contributed by atoms with Gasteiger partial charge in [0.15, 0.2) is 5.96 Å². The second-order valence-electron chi connectivity index (χ2n) is 7.62. The number of aryl methyl sites for hydroxylation is 2. The van der Waals surface area contributed by atoms with Crippen molar-refractivity contribution in [2.24, 2.45) is 4.99 Å². The van der Waals surface area contributed by atoms with Crippen LogP contribution in [0.1, 0.15) is 33.2 Å². The molecule has 7 heteroatoms. The number of nitrogens with zero attached hydrogens (tertiary/aromatic N) is 2. The zero-order chi connectivity index (χ0) is 22.2. The van der Waals surface area contributed by atoms with Gasteiger partial charge in [0.05, 0.1) is 20.3 Å². The van der Waals surface area contributed by atoms with Gasteiger partial charge in [0.2, 0.25) is 0 Å². The number of rotatable bonds is 6. The molecule has 7 nitrogen and oxygen atoms in total. The van der Waals surface area contributed by atoms with Crippen molar-refractivity contribution in [3.63, 3.8) is 0 Å². The van der Waals surface area contributed by atoms with Crippen molar-refractivity contribution in [1.82, 2.24) is 15.5 Å². The summed E-state index contributed by atoms with van der Waals surface area (Å²) in [4.78, 5) is 18.9. The van der Waals surface area contributed by atoms with E-state index in [2.05, 4.69) is 52.6 Å². The van der Waals surface area contributed by atoms with Crippen LogP contribution in [0, 0.1) is 13.8 Å². The second-order valence-corrected chi connectivity index (χ2v) is 7.62. The van der Waals surface area contributed by atoms with E-state index in [0.717, 1.165) is 24.8 Å². The number of nitrogens with one attached hydrogen (secondary N) is 2. The smallest absolute Gasteiger partial charge is 0.251 e. The summed E-state index contributed by atoms with van der Waals surface area (Å²) in [7, 11) is 3.38. The Balaban J connectivity index is 1.49. The lowest BCUT2D eigenvalue weighted by atomic mass is 10.00. The van der Waals surface area contributed by atoms with Crippen molar-refractivity contribution >= 4 is 11.9 Å². The summed E-state index contributed by atoms with van der Waals surface area (Å²) in [6.45, 7) is 7.47. The van der Waals surface area contributed by atoms with Gasteiger partial charge in [0, 0.05) is 32.2 Å². The molecular formula is C24H32N4O3. The van der Waals surface area contributed by atoms with Gasteiger partial charge in [-0.05, 0) is 49.2 Å². The van der Waals surface area contributed by atoms with Crippen LogP contribution in [0.25, 0.3) is 0 Å². The normalized spacial score (nSPS) is 16.7. The molecule has 31 heavy (non-hydrogen) atoms. The first-order valence-corrected chi connectivity index (χ1v) is 10.6. The van der Waals surface area contributed by atoms with Crippen molar-refractivity contribution in [1.29, 1.82) is 0 Å². The van der Waals surface area contributed by atoms with Crippen LogP contribution in [0.2, 0.25) is 0 Å². The fourth-order valence-electron chi connectivity index (χ4n) is 3.74. The Bertz CT molecular complexity index is 912. The summed E-state index contributed by atoms with van der Waals surface area (Å²) < 4.78 is 11.2.